The molecule has 98 valence electrons. The first-order valence-electron chi connectivity index (χ1n) is 5.88. The van der Waals surface area contributed by atoms with E-state index in [0.29, 0.717) is 13.2 Å². The highest BCUT2D eigenvalue weighted by atomic mass is 16.5. The summed E-state index contributed by atoms with van der Waals surface area (Å²) in [6.07, 6.45) is 4.13. The number of aryl methyl sites for hydroxylation is 1. The lowest BCUT2D eigenvalue weighted by atomic mass is 10.3. The van der Waals surface area contributed by atoms with Gasteiger partial charge in [0.05, 0.1) is 24.8 Å². The van der Waals surface area contributed by atoms with Crippen molar-refractivity contribution >= 4 is 16.9 Å². The molecule has 0 atom stereocenters. The van der Waals surface area contributed by atoms with E-state index >= 15 is 0 Å². The zero-order valence-electron chi connectivity index (χ0n) is 10.3. The number of hydrogen-bond acceptors (Lipinski definition) is 6. The number of aliphatic hydroxyl groups excluding tert-OH is 1. The van der Waals surface area contributed by atoms with Crippen LogP contribution in [0.25, 0.3) is 11.0 Å². The average molecular weight is 251 g/mol. The highest BCUT2D eigenvalue weighted by Crippen LogP contribution is 2.17. The van der Waals surface area contributed by atoms with Crippen LogP contribution in [0.4, 0.5) is 5.82 Å². The van der Waals surface area contributed by atoms with E-state index in [2.05, 4.69) is 20.4 Å². The van der Waals surface area contributed by atoms with Gasteiger partial charge in [0.1, 0.15) is 12.1 Å². The van der Waals surface area contributed by atoms with Crippen molar-refractivity contribution in [1.82, 2.24) is 19.7 Å². The number of hydrogen-bond donors (Lipinski definition) is 2. The Morgan fingerprint density at radius 1 is 1.39 bits per heavy atom. The summed E-state index contributed by atoms with van der Waals surface area (Å²) in [6, 6.07) is 0. The van der Waals surface area contributed by atoms with Crippen molar-refractivity contribution in [3.63, 3.8) is 0 Å². The second kappa shape index (κ2) is 6.27. The van der Waals surface area contributed by atoms with E-state index < -0.39 is 0 Å². The molecule has 0 spiro atoms. The number of rotatable bonds is 7. The molecule has 2 rings (SSSR count). The van der Waals surface area contributed by atoms with Gasteiger partial charge < -0.3 is 15.2 Å². The minimum Gasteiger partial charge on any atom is -0.394 e. The van der Waals surface area contributed by atoms with Gasteiger partial charge in [0.15, 0.2) is 5.65 Å². The van der Waals surface area contributed by atoms with Gasteiger partial charge in [-0.2, -0.15) is 5.10 Å². The van der Waals surface area contributed by atoms with Gasteiger partial charge in [-0.05, 0) is 6.42 Å². The van der Waals surface area contributed by atoms with Crippen LogP contribution < -0.4 is 5.32 Å². The summed E-state index contributed by atoms with van der Waals surface area (Å²) in [7, 11) is 1.85. The fourth-order valence-corrected chi connectivity index (χ4v) is 1.65. The van der Waals surface area contributed by atoms with Crippen LogP contribution in [-0.2, 0) is 11.8 Å². The van der Waals surface area contributed by atoms with Crippen LogP contribution >= 0.6 is 0 Å². The molecule has 2 aromatic heterocycles. The van der Waals surface area contributed by atoms with Crippen LogP contribution in [0.3, 0.4) is 0 Å². The summed E-state index contributed by atoms with van der Waals surface area (Å²) in [5, 5.41) is 16.8. The third kappa shape index (κ3) is 2.93. The molecule has 0 aromatic carbocycles. The van der Waals surface area contributed by atoms with Gasteiger partial charge >= 0.3 is 0 Å². The molecule has 0 radical (unpaired) electrons. The van der Waals surface area contributed by atoms with Gasteiger partial charge in [-0.25, -0.2) is 9.97 Å². The van der Waals surface area contributed by atoms with Gasteiger partial charge in [0.2, 0.25) is 0 Å². The maximum Gasteiger partial charge on any atom is 0.163 e. The molecule has 0 saturated heterocycles. The van der Waals surface area contributed by atoms with Crippen molar-refractivity contribution in [3.8, 4) is 0 Å². The molecule has 7 heteroatoms. The number of anilines is 1. The predicted octanol–water partition coefficient (Wildman–Crippen LogP) is 0.174. The van der Waals surface area contributed by atoms with E-state index in [4.69, 9.17) is 9.84 Å². The smallest absolute Gasteiger partial charge is 0.163 e. The Labute approximate surface area is 105 Å². The normalized spacial score (nSPS) is 11.0. The first-order valence-corrected chi connectivity index (χ1v) is 5.88. The van der Waals surface area contributed by atoms with Crippen molar-refractivity contribution in [2.45, 2.75) is 6.42 Å². The van der Waals surface area contributed by atoms with Gasteiger partial charge in [-0.15, -0.1) is 0 Å². The molecule has 7 nitrogen and oxygen atoms in total. The number of fused-ring (bicyclic) bond motifs is 1. The number of aliphatic hydroxyl groups is 1. The zero-order chi connectivity index (χ0) is 12.8. The lowest BCUT2D eigenvalue weighted by molar-refractivity contribution is 0.0922. The van der Waals surface area contributed by atoms with Gasteiger partial charge in [-0.1, -0.05) is 0 Å². The van der Waals surface area contributed by atoms with Crippen molar-refractivity contribution in [2.75, 3.05) is 31.7 Å². The number of ether oxygens (including phenoxy) is 1. The largest absolute Gasteiger partial charge is 0.394 e. The van der Waals surface area contributed by atoms with Crippen molar-refractivity contribution < 1.29 is 9.84 Å². The quantitative estimate of drug-likeness (QED) is 0.683. The van der Waals surface area contributed by atoms with Gasteiger partial charge in [0, 0.05) is 20.2 Å². The Bertz CT molecular complexity index is 499. The lowest BCUT2D eigenvalue weighted by Crippen LogP contribution is -2.08. The Kier molecular flexibility index (Phi) is 4.43. The zero-order valence-corrected chi connectivity index (χ0v) is 10.3. The molecule has 0 amide bonds. The molecule has 0 aliphatic rings. The molecule has 2 N–H and O–H groups in total. The SMILES string of the molecule is Cn1ncc2c(NCCCOCCO)ncnc21. The molecular formula is C11H17N5O2. The standard InChI is InChI=1S/C11H17N5O2/c1-16-11-9(7-15-16)10(13-8-14-11)12-3-2-5-18-6-4-17/h7-8,17H,2-6H2,1H3,(H,12,13,14). The van der Waals surface area contributed by atoms with Crippen LogP contribution in [0.5, 0.6) is 0 Å². The minimum absolute atomic E-state index is 0.0651. The van der Waals surface area contributed by atoms with E-state index in [9.17, 15) is 0 Å². The molecular weight excluding hydrogens is 234 g/mol. The summed E-state index contributed by atoms with van der Waals surface area (Å²) < 4.78 is 6.89. The van der Waals surface area contributed by atoms with E-state index in [1.165, 1.54) is 6.33 Å². The second-order valence-corrected chi connectivity index (χ2v) is 3.84. The van der Waals surface area contributed by atoms with Crippen molar-refractivity contribution in [2.24, 2.45) is 7.05 Å². The van der Waals surface area contributed by atoms with Gasteiger partial charge in [-0.3, -0.25) is 4.68 Å². The molecule has 0 aliphatic heterocycles. The third-order valence-corrected chi connectivity index (χ3v) is 2.52. The van der Waals surface area contributed by atoms with Crippen LogP contribution in [0, 0.1) is 0 Å². The second-order valence-electron chi connectivity index (χ2n) is 3.84. The Morgan fingerprint density at radius 3 is 3.11 bits per heavy atom. The number of nitrogens with zero attached hydrogens (tertiary/aromatic N) is 4. The van der Waals surface area contributed by atoms with Gasteiger partial charge in [0.25, 0.3) is 0 Å². The van der Waals surface area contributed by atoms with Crippen molar-refractivity contribution in [1.29, 1.82) is 0 Å². The predicted molar refractivity (Wildman–Crippen MR) is 67.3 cm³/mol. The molecule has 2 heterocycles. The Hall–Kier alpha value is -1.73. The molecule has 0 fully saturated rings. The topological polar surface area (TPSA) is 85.1 Å². The molecule has 0 saturated carbocycles. The monoisotopic (exact) mass is 251 g/mol. The van der Waals surface area contributed by atoms with Crippen LogP contribution in [0.2, 0.25) is 0 Å². The van der Waals surface area contributed by atoms with E-state index in [1.807, 2.05) is 7.05 Å². The fraction of sp³-hybridized carbons (Fsp3) is 0.545. The summed E-state index contributed by atoms with van der Waals surface area (Å²) in [5.74, 6) is 0.787. The van der Waals surface area contributed by atoms with Crippen LogP contribution in [0.15, 0.2) is 12.5 Å². The molecule has 0 unspecified atom stereocenters. The maximum atomic E-state index is 8.55. The average Bonchev–Trinajstić information content (AvgIpc) is 2.77. The lowest BCUT2D eigenvalue weighted by Gasteiger charge is -2.06. The summed E-state index contributed by atoms with van der Waals surface area (Å²) >= 11 is 0. The summed E-state index contributed by atoms with van der Waals surface area (Å²) in [5.41, 5.74) is 0.809. The molecule has 18 heavy (non-hydrogen) atoms. The molecule has 0 aliphatic carbocycles. The highest BCUT2D eigenvalue weighted by molar-refractivity contribution is 5.85. The molecule has 0 bridgehead atoms. The first-order chi connectivity index (χ1) is 8.83. The first kappa shape index (κ1) is 12.7. The fourth-order valence-electron chi connectivity index (χ4n) is 1.65. The van der Waals surface area contributed by atoms with E-state index in [-0.39, 0.29) is 6.61 Å². The van der Waals surface area contributed by atoms with Crippen LogP contribution in [0.1, 0.15) is 6.42 Å². The minimum atomic E-state index is 0.0651. The number of nitrogens with one attached hydrogen (secondary N) is 1. The number of aromatic nitrogens is 4. The maximum absolute atomic E-state index is 8.55. The van der Waals surface area contributed by atoms with E-state index in [0.717, 1.165) is 29.8 Å². The summed E-state index contributed by atoms with van der Waals surface area (Å²) in [4.78, 5) is 8.36. The third-order valence-electron chi connectivity index (χ3n) is 2.52. The van der Waals surface area contributed by atoms with E-state index in [1.54, 1.807) is 10.9 Å². The summed E-state index contributed by atoms with van der Waals surface area (Å²) in [6.45, 7) is 1.83. The van der Waals surface area contributed by atoms with Crippen molar-refractivity contribution in [3.05, 3.63) is 12.5 Å². The van der Waals surface area contributed by atoms with Crippen LogP contribution in [-0.4, -0.2) is 51.2 Å². The Morgan fingerprint density at radius 2 is 2.28 bits per heavy atom. The molecule has 2 aromatic rings. The Balaban J connectivity index is 1.88. The highest BCUT2D eigenvalue weighted by Gasteiger charge is 2.06.